The summed E-state index contributed by atoms with van der Waals surface area (Å²) in [4.78, 5) is 11.5. The van der Waals surface area contributed by atoms with Crippen molar-refractivity contribution < 1.29 is 18.0 Å². The molecule has 0 radical (unpaired) electrons. The van der Waals surface area contributed by atoms with Crippen LogP contribution in [-0.2, 0) is 4.79 Å². The molecule has 0 aromatic rings. The smallest absolute Gasteiger partial charge is 0.347 e. The lowest BCUT2D eigenvalue weighted by Gasteiger charge is -2.27. The summed E-state index contributed by atoms with van der Waals surface area (Å²) >= 11 is 0. The van der Waals surface area contributed by atoms with Gasteiger partial charge in [-0.15, -0.1) is 0 Å². The van der Waals surface area contributed by atoms with Gasteiger partial charge in [0.25, 0.3) is 0 Å². The lowest BCUT2D eigenvalue weighted by atomic mass is 9.81. The SMILES string of the molecule is NCC1CCCC(C(=O)NCC(F)(F)F)C1. The van der Waals surface area contributed by atoms with E-state index in [1.165, 1.54) is 0 Å². The van der Waals surface area contributed by atoms with Gasteiger partial charge in [0, 0.05) is 5.92 Å². The summed E-state index contributed by atoms with van der Waals surface area (Å²) < 4.78 is 35.7. The van der Waals surface area contributed by atoms with Crippen LogP contribution in [0.15, 0.2) is 0 Å². The molecule has 1 aliphatic carbocycles. The molecule has 3 nitrogen and oxygen atoms in total. The second-order valence-electron chi connectivity index (χ2n) is 4.30. The molecule has 0 saturated heterocycles. The first-order valence-corrected chi connectivity index (χ1v) is 5.47. The Morgan fingerprint density at radius 1 is 1.38 bits per heavy atom. The predicted molar refractivity (Wildman–Crippen MR) is 53.6 cm³/mol. The molecule has 16 heavy (non-hydrogen) atoms. The Morgan fingerprint density at radius 3 is 2.62 bits per heavy atom. The summed E-state index contributed by atoms with van der Waals surface area (Å²) in [6, 6.07) is 0. The fraction of sp³-hybridized carbons (Fsp3) is 0.900. The van der Waals surface area contributed by atoms with Gasteiger partial charge < -0.3 is 11.1 Å². The Balaban J connectivity index is 2.36. The second-order valence-corrected chi connectivity index (χ2v) is 4.30. The van der Waals surface area contributed by atoms with Crippen LogP contribution in [0.3, 0.4) is 0 Å². The molecular formula is C10H17F3N2O. The molecule has 0 aromatic heterocycles. The van der Waals surface area contributed by atoms with Crippen LogP contribution in [0.1, 0.15) is 25.7 Å². The minimum atomic E-state index is -4.34. The molecule has 1 rings (SSSR count). The Labute approximate surface area is 92.6 Å². The average Bonchev–Trinajstić information content (AvgIpc) is 2.25. The molecule has 0 aromatic carbocycles. The monoisotopic (exact) mass is 238 g/mol. The van der Waals surface area contributed by atoms with Crippen molar-refractivity contribution >= 4 is 5.91 Å². The van der Waals surface area contributed by atoms with E-state index in [-0.39, 0.29) is 11.8 Å². The van der Waals surface area contributed by atoms with Crippen molar-refractivity contribution in [3.05, 3.63) is 0 Å². The average molecular weight is 238 g/mol. The van der Waals surface area contributed by atoms with Gasteiger partial charge in [-0.25, -0.2) is 0 Å². The number of hydrogen-bond acceptors (Lipinski definition) is 2. The fourth-order valence-corrected chi connectivity index (χ4v) is 2.07. The zero-order valence-electron chi connectivity index (χ0n) is 9.02. The first-order chi connectivity index (χ1) is 7.42. The molecule has 2 atom stereocenters. The molecule has 3 N–H and O–H groups in total. The number of alkyl halides is 3. The van der Waals surface area contributed by atoms with Crippen molar-refractivity contribution in [2.45, 2.75) is 31.9 Å². The molecule has 94 valence electrons. The molecule has 1 aliphatic rings. The van der Waals surface area contributed by atoms with E-state index in [1.54, 1.807) is 0 Å². The van der Waals surface area contributed by atoms with E-state index in [0.29, 0.717) is 19.4 Å². The molecule has 0 aliphatic heterocycles. The minimum absolute atomic E-state index is 0.274. The van der Waals surface area contributed by atoms with Gasteiger partial charge in [0.05, 0.1) is 0 Å². The number of halogens is 3. The lowest BCUT2D eigenvalue weighted by Crippen LogP contribution is -2.39. The van der Waals surface area contributed by atoms with Crippen molar-refractivity contribution in [2.24, 2.45) is 17.6 Å². The third-order valence-electron chi connectivity index (χ3n) is 2.95. The molecule has 6 heteroatoms. The molecule has 0 bridgehead atoms. The van der Waals surface area contributed by atoms with E-state index in [1.807, 2.05) is 5.32 Å². The van der Waals surface area contributed by atoms with Gasteiger partial charge in [-0.3, -0.25) is 4.79 Å². The van der Waals surface area contributed by atoms with Crippen LogP contribution in [0.5, 0.6) is 0 Å². The minimum Gasteiger partial charge on any atom is -0.347 e. The number of amides is 1. The summed E-state index contributed by atoms with van der Waals surface area (Å²) in [5.41, 5.74) is 5.50. The van der Waals surface area contributed by atoms with Gasteiger partial charge >= 0.3 is 6.18 Å². The molecule has 1 amide bonds. The van der Waals surface area contributed by atoms with Crippen LogP contribution in [0.4, 0.5) is 13.2 Å². The number of carbonyl (C=O) groups excluding carboxylic acids is 1. The van der Waals surface area contributed by atoms with Crippen molar-refractivity contribution in [2.75, 3.05) is 13.1 Å². The highest BCUT2D eigenvalue weighted by molar-refractivity contribution is 5.78. The third-order valence-corrected chi connectivity index (χ3v) is 2.95. The number of nitrogens with one attached hydrogen (secondary N) is 1. The number of nitrogens with two attached hydrogens (primary N) is 1. The van der Waals surface area contributed by atoms with Crippen molar-refractivity contribution in [1.29, 1.82) is 0 Å². The maximum Gasteiger partial charge on any atom is 0.405 e. The first kappa shape index (κ1) is 13.3. The zero-order valence-corrected chi connectivity index (χ0v) is 9.02. The highest BCUT2D eigenvalue weighted by atomic mass is 19.4. The molecule has 2 unspecified atom stereocenters. The maximum atomic E-state index is 11.9. The molecule has 1 fully saturated rings. The second kappa shape index (κ2) is 5.52. The van der Waals surface area contributed by atoms with Gasteiger partial charge in [0.1, 0.15) is 6.54 Å². The predicted octanol–water partition coefficient (Wildman–Crippen LogP) is 1.43. The van der Waals surface area contributed by atoms with Gasteiger partial charge in [-0.05, 0) is 31.7 Å². The summed E-state index contributed by atoms with van der Waals surface area (Å²) in [6.45, 7) is -0.737. The first-order valence-electron chi connectivity index (χ1n) is 5.47. The quantitative estimate of drug-likeness (QED) is 0.781. The van der Waals surface area contributed by atoms with Crippen LogP contribution in [0, 0.1) is 11.8 Å². The van der Waals surface area contributed by atoms with E-state index in [2.05, 4.69) is 0 Å². The number of rotatable bonds is 3. The Bertz CT molecular complexity index is 243. The summed E-state index contributed by atoms with van der Waals surface area (Å²) in [7, 11) is 0. The topological polar surface area (TPSA) is 55.1 Å². The van der Waals surface area contributed by atoms with E-state index < -0.39 is 18.6 Å². The van der Waals surface area contributed by atoms with Gasteiger partial charge in [0.15, 0.2) is 0 Å². The highest BCUT2D eigenvalue weighted by Crippen LogP contribution is 2.28. The van der Waals surface area contributed by atoms with Gasteiger partial charge in [0.2, 0.25) is 5.91 Å². The van der Waals surface area contributed by atoms with E-state index in [4.69, 9.17) is 5.73 Å². The number of hydrogen-bond donors (Lipinski definition) is 2. The van der Waals surface area contributed by atoms with Crippen LogP contribution in [-0.4, -0.2) is 25.2 Å². The molecule has 0 heterocycles. The molecular weight excluding hydrogens is 221 g/mol. The van der Waals surface area contributed by atoms with Crippen molar-refractivity contribution in [3.63, 3.8) is 0 Å². The maximum absolute atomic E-state index is 11.9. The van der Waals surface area contributed by atoms with Crippen molar-refractivity contribution in [3.8, 4) is 0 Å². The van der Waals surface area contributed by atoms with Gasteiger partial charge in [-0.2, -0.15) is 13.2 Å². The highest BCUT2D eigenvalue weighted by Gasteiger charge is 2.31. The van der Waals surface area contributed by atoms with E-state index >= 15 is 0 Å². The van der Waals surface area contributed by atoms with Crippen LogP contribution in [0.2, 0.25) is 0 Å². The normalized spacial score (nSPS) is 26.5. The Hall–Kier alpha value is -0.780. The largest absolute Gasteiger partial charge is 0.405 e. The van der Waals surface area contributed by atoms with Crippen LogP contribution >= 0.6 is 0 Å². The van der Waals surface area contributed by atoms with E-state index in [0.717, 1.165) is 12.8 Å². The lowest BCUT2D eigenvalue weighted by molar-refractivity contribution is -0.141. The summed E-state index contributed by atoms with van der Waals surface area (Å²) in [5, 5.41) is 1.93. The fourth-order valence-electron chi connectivity index (χ4n) is 2.07. The molecule has 1 saturated carbocycles. The number of carbonyl (C=O) groups is 1. The molecule has 0 spiro atoms. The summed E-state index contributed by atoms with van der Waals surface area (Å²) in [5.74, 6) is -0.518. The standard InChI is InChI=1S/C10H17F3N2O/c11-10(12,13)6-15-9(16)8-3-1-2-7(4-8)5-14/h7-8H,1-6,14H2,(H,15,16). The van der Waals surface area contributed by atoms with Crippen molar-refractivity contribution in [1.82, 2.24) is 5.32 Å². The van der Waals surface area contributed by atoms with Crippen LogP contribution in [0.25, 0.3) is 0 Å². The Morgan fingerprint density at radius 2 is 2.06 bits per heavy atom. The van der Waals surface area contributed by atoms with Gasteiger partial charge in [-0.1, -0.05) is 6.42 Å². The van der Waals surface area contributed by atoms with Crippen LogP contribution < -0.4 is 11.1 Å². The Kier molecular flexibility index (Phi) is 4.58. The zero-order chi connectivity index (χ0) is 12.2. The summed E-state index contributed by atoms with van der Waals surface area (Å²) in [6.07, 6.45) is -1.22. The third kappa shape index (κ3) is 4.38. The van der Waals surface area contributed by atoms with E-state index in [9.17, 15) is 18.0 Å².